The van der Waals surface area contributed by atoms with Crippen LogP contribution in [0.3, 0.4) is 0 Å². The molecule has 108 valence electrons. The Balaban J connectivity index is 1.95. The highest BCUT2D eigenvalue weighted by atomic mass is 32.2. The lowest BCUT2D eigenvalue weighted by molar-refractivity contribution is 0.271. The van der Waals surface area contributed by atoms with Crippen LogP contribution in [0.1, 0.15) is 44.2 Å². The molecule has 0 radical (unpaired) electrons. The van der Waals surface area contributed by atoms with Crippen molar-refractivity contribution in [3.05, 3.63) is 11.9 Å². The summed E-state index contributed by atoms with van der Waals surface area (Å²) in [4.78, 5) is 3.92. The zero-order valence-corrected chi connectivity index (χ0v) is 12.2. The van der Waals surface area contributed by atoms with E-state index in [0.717, 1.165) is 6.42 Å². The number of imidazole rings is 1. The van der Waals surface area contributed by atoms with E-state index in [4.69, 9.17) is 5.11 Å². The van der Waals surface area contributed by atoms with Crippen LogP contribution < -0.4 is 0 Å². The van der Waals surface area contributed by atoms with Crippen LogP contribution in [0.4, 0.5) is 0 Å². The van der Waals surface area contributed by atoms with E-state index in [0.29, 0.717) is 18.0 Å². The van der Waals surface area contributed by atoms with E-state index in [1.807, 2.05) is 0 Å². The highest BCUT2D eigenvalue weighted by Gasteiger charge is 2.22. The van der Waals surface area contributed by atoms with E-state index < -0.39 is 9.84 Å². The quantitative estimate of drug-likeness (QED) is 0.863. The fourth-order valence-corrected chi connectivity index (χ4v) is 4.29. The summed E-state index contributed by atoms with van der Waals surface area (Å²) in [5, 5.41) is 9.13. The molecule has 1 N–H and O–H groups in total. The summed E-state index contributed by atoms with van der Waals surface area (Å²) in [5.74, 6) is 0.865. The van der Waals surface area contributed by atoms with E-state index in [2.05, 4.69) is 4.98 Å². The number of rotatable bonds is 6. The Bertz CT molecular complexity index is 516. The van der Waals surface area contributed by atoms with Gasteiger partial charge in [0.15, 0.2) is 0 Å². The van der Waals surface area contributed by atoms with Gasteiger partial charge in [-0.05, 0) is 18.8 Å². The lowest BCUT2D eigenvalue weighted by Gasteiger charge is -2.09. The number of aliphatic hydroxyl groups is 1. The number of hydrogen-bond donors (Lipinski definition) is 1. The van der Waals surface area contributed by atoms with Crippen molar-refractivity contribution >= 4 is 9.84 Å². The fourth-order valence-electron chi connectivity index (χ4n) is 2.81. The van der Waals surface area contributed by atoms with Gasteiger partial charge in [-0.2, -0.15) is 0 Å². The molecular weight excluding hydrogens is 264 g/mol. The number of aliphatic hydroxyl groups excluding tert-OH is 1. The first kappa shape index (κ1) is 14.5. The van der Waals surface area contributed by atoms with Gasteiger partial charge in [-0.25, -0.2) is 13.4 Å². The summed E-state index contributed by atoms with van der Waals surface area (Å²) in [6.45, 7) is -0.193. The highest BCUT2D eigenvalue weighted by Crippen LogP contribution is 2.28. The third-order valence-corrected chi connectivity index (χ3v) is 5.74. The average molecular weight is 286 g/mol. The first-order valence-corrected chi connectivity index (χ1v) is 8.54. The Hall–Kier alpha value is -0.880. The van der Waals surface area contributed by atoms with Crippen molar-refractivity contribution in [2.45, 2.75) is 50.3 Å². The Morgan fingerprint density at radius 3 is 2.68 bits per heavy atom. The molecule has 0 saturated heterocycles. The molecule has 2 rings (SSSR count). The molecule has 5 nitrogen and oxygen atoms in total. The monoisotopic (exact) mass is 286 g/mol. The van der Waals surface area contributed by atoms with E-state index in [9.17, 15) is 8.42 Å². The second kappa shape index (κ2) is 6.05. The van der Waals surface area contributed by atoms with Crippen LogP contribution in [0.5, 0.6) is 0 Å². The topological polar surface area (TPSA) is 72.2 Å². The zero-order valence-electron chi connectivity index (χ0n) is 11.4. The first-order chi connectivity index (χ1) is 9.04. The number of hydrogen-bond acceptors (Lipinski definition) is 4. The molecule has 1 aliphatic carbocycles. The molecule has 0 unspecified atom stereocenters. The van der Waals surface area contributed by atoms with Crippen LogP contribution in [0, 0.1) is 5.92 Å². The third-order valence-electron chi connectivity index (χ3n) is 3.98. The Labute approximate surface area is 114 Å². The van der Waals surface area contributed by atoms with Gasteiger partial charge in [0.1, 0.15) is 0 Å². The maximum Gasteiger partial charge on any atom is 0.227 e. The average Bonchev–Trinajstić information content (AvgIpc) is 2.98. The molecule has 0 aromatic carbocycles. The van der Waals surface area contributed by atoms with Crippen LogP contribution in [0.25, 0.3) is 0 Å². The van der Waals surface area contributed by atoms with Crippen molar-refractivity contribution in [3.8, 4) is 0 Å². The molecular formula is C13H22N2O3S. The smallest absolute Gasteiger partial charge is 0.227 e. The summed E-state index contributed by atoms with van der Waals surface area (Å²) < 4.78 is 25.8. The minimum absolute atomic E-state index is 0.0722. The molecule has 1 aliphatic rings. The SMILES string of the molecule is Cn1c(CO)cnc1S(=O)(=O)CCCC1CCCC1. The van der Waals surface area contributed by atoms with Gasteiger partial charge in [-0.1, -0.05) is 25.7 Å². The second-order valence-corrected chi connectivity index (χ2v) is 7.36. The molecule has 1 aromatic heterocycles. The molecule has 0 spiro atoms. The normalized spacial score (nSPS) is 17.2. The highest BCUT2D eigenvalue weighted by molar-refractivity contribution is 7.91. The molecule has 0 aliphatic heterocycles. The maximum absolute atomic E-state index is 12.2. The van der Waals surface area contributed by atoms with Gasteiger partial charge in [-0.3, -0.25) is 0 Å². The Morgan fingerprint density at radius 1 is 1.42 bits per heavy atom. The molecule has 1 saturated carbocycles. The summed E-state index contributed by atoms with van der Waals surface area (Å²) in [6.07, 6.45) is 8.19. The molecule has 0 atom stereocenters. The molecule has 6 heteroatoms. The van der Waals surface area contributed by atoms with Crippen LogP contribution in [-0.2, 0) is 23.5 Å². The van der Waals surface area contributed by atoms with Crippen molar-refractivity contribution in [3.63, 3.8) is 0 Å². The standard InChI is InChI=1S/C13H22N2O3S/c1-15-12(10-16)9-14-13(15)19(17,18)8-4-7-11-5-2-3-6-11/h9,11,16H,2-8,10H2,1H3. The third kappa shape index (κ3) is 3.36. The van der Waals surface area contributed by atoms with Crippen LogP contribution in [0.2, 0.25) is 0 Å². The zero-order chi connectivity index (χ0) is 13.9. The van der Waals surface area contributed by atoms with Gasteiger partial charge >= 0.3 is 0 Å². The maximum atomic E-state index is 12.2. The van der Waals surface area contributed by atoms with E-state index >= 15 is 0 Å². The predicted octanol–water partition coefficient (Wildman–Crippen LogP) is 1.66. The lowest BCUT2D eigenvalue weighted by atomic mass is 10.0. The molecule has 1 heterocycles. The second-order valence-electron chi connectivity index (χ2n) is 5.36. The van der Waals surface area contributed by atoms with E-state index in [-0.39, 0.29) is 17.5 Å². The van der Waals surface area contributed by atoms with Crippen molar-refractivity contribution in [1.82, 2.24) is 9.55 Å². The van der Waals surface area contributed by atoms with Gasteiger partial charge in [0.25, 0.3) is 0 Å². The summed E-state index contributed by atoms with van der Waals surface area (Å²) in [7, 11) is -1.70. The molecule has 0 bridgehead atoms. The van der Waals surface area contributed by atoms with Gasteiger partial charge in [0.2, 0.25) is 15.0 Å². The number of aromatic nitrogens is 2. The van der Waals surface area contributed by atoms with Gasteiger partial charge in [0, 0.05) is 7.05 Å². The van der Waals surface area contributed by atoms with Gasteiger partial charge in [-0.15, -0.1) is 0 Å². The minimum Gasteiger partial charge on any atom is -0.390 e. The van der Waals surface area contributed by atoms with Crippen molar-refractivity contribution in [1.29, 1.82) is 0 Å². The van der Waals surface area contributed by atoms with Gasteiger partial charge in [0.05, 0.1) is 24.3 Å². The van der Waals surface area contributed by atoms with Crippen molar-refractivity contribution in [2.24, 2.45) is 13.0 Å². The predicted molar refractivity (Wildman–Crippen MR) is 72.4 cm³/mol. The van der Waals surface area contributed by atoms with Gasteiger partial charge < -0.3 is 9.67 Å². The van der Waals surface area contributed by atoms with Crippen LogP contribution in [-0.4, -0.2) is 28.8 Å². The van der Waals surface area contributed by atoms with Crippen LogP contribution >= 0.6 is 0 Å². The Morgan fingerprint density at radius 2 is 2.11 bits per heavy atom. The summed E-state index contributed by atoms with van der Waals surface area (Å²) >= 11 is 0. The molecule has 1 aromatic rings. The molecule has 19 heavy (non-hydrogen) atoms. The van der Waals surface area contributed by atoms with E-state index in [1.54, 1.807) is 7.05 Å². The number of nitrogens with zero attached hydrogens (tertiary/aromatic N) is 2. The lowest BCUT2D eigenvalue weighted by Crippen LogP contribution is -2.14. The number of sulfone groups is 1. The molecule has 1 fully saturated rings. The van der Waals surface area contributed by atoms with E-state index in [1.165, 1.54) is 36.4 Å². The van der Waals surface area contributed by atoms with Crippen molar-refractivity contribution in [2.75, 3.05) is 5.75 Å². The minimum atomic E-state index is -3.33. The molecule has 0 amide bonds. The fraction of sp³-hybridized carbons (Fsp3) is 0.769. The summed E-state index contributed by atoms with van der Waals surface area (Å²) in [5.41, 5.74) is 0.523. The first-order valence-electron chi connectivity index (χ1n) is 6.89. The van der Waals surface area contributed by atoms with Crippen molar-refractivity contribution < 1.29 is 13.5 Å². The largest absolute Gasteiger partial charge is 0.390 e. The Kier molecular flexibility index (Phi) is 4.62. The summed E-state index contributed by atoms with van der Waals surface area (Å²) in [6, 6.07) is 0. The van der Waals surface area contributed by atoms with Crippen LogP contribution in [0.15, 0.2) is 11.4 Å².